The Hall–Kier alpha value is -1.70. The summed E-state index contributed by atoms with van der Waals surface area (Å²) in [6.07, 6.45) is 1.41. The van der Waals surface area contributed by atoms with E-state index in [2.05, 4.69) is 0 Å². The Labute approximate surface area is 81.3 Å². The predicted molar refractivity (Wildman–Crippen MR) is 46.0 cm³/mol. The fraction of sp³-hybridized carbons (Fsp3) is 0.556. The smallest absolute Gasteiger partial charge is 0.230 e. The molecule has 0 radical (unpaired) electrons. The maximum atomic E-state index is 11.3. The molecule has 0 spiro atoms. The van der Waals surface area contributed by atoms with Crippen LogP contribution in [-0.4, -0.2) is 36.0 Å². The van der Waals surface area contributed by atoms with E-state index < -0.39 is 6.04 Å². The van der Waals surface area contributed by atoms with E-state index in [1.165, 1.54) is 4.90 Å². The fourth-order valence-electron chi connectivity index (χ4n) is 1.55. The van der Waals surface area contributed by atoms with Crippen molar-refractivity contribution in [1.82, 2.24) is 4.90 Å². The van der Waals surface area contributed by atoms with Crippen LogP contribution in [0.4, 0.5) is 0 Å². The molecule has 14 heavy (non-hydrogen) atoms. The molecule has 1 heterocycles. The number of nitrogens with zero attached hydrogens (tertiary/aromatic N) is 2. The maximum Gasteiger partial charge on any atom is 0.230 e. The summed E-state index contributed by atoms with van der Waals surface area (Å²) < 4.78 is 0. The molecule has 2 atom stereocenters. The Morgan fingerprint density at radius 2 is 2.29 bits per heavy atom. The lowest BCUT2D eigenvalue weighted by molar-refractivity contribution is -0.132. The van der Waals surface area contributed by atoms with Crippen molar-refractivity contribution in [3.8, 4) is 6.07 Å². The van der Waals surface area contributed by atoms with Gasteiger partial charge in [0.1, 0.15) is 18.6 Å². The highest BCUT2D eigenvalue weighted by Crippen LogP contribution is 2.21. The lowest BCUT2D eigenvalue weighted by Gasteiger charge is -2.17. The molecule has 0 N–H and O–H groups in total. The third-order valence-electron chi connectivity index (χ3n) is 2.25. The van der Waals surface area contributed by atoms with E-state index in [0.717, 1.165) is 6.29 Å². The normalized spacial score (nSPS) is 25.5. The molecular weight excluding hydrogens is 184 g/mol. The number of carbonyl (C=O) groups excluding carboxylic acids is 3. The number of hydrogen-bond acceptors (Lipinski definition) is 4. The number of hydrogen-bond donors (Lipinski definition) is 0. The minimum Gasteiger partial charge on any atom is -0.326 e. The van der Waals surface area contributed by atoms with Crippen molar-refractivity contribution in [1.29, 1.82) is 5.26 Å². The molecule has 0 aliphatic carbocycles. The van der Waals surface area contributed by atoms with Crippen LogP contribution in [0.3, 0.4) is 0 Å². The Morgan fingerprint density at radius 1 is 1.57 bits per heavy atom. The van der Waals surface area contributed by atoms with Crippen LogP contribution in [0, 0.1) is 17.2 Å². The van der Waals surface area contributed by atoms with Crippen LogP contribution in [0.15, 0.2) is 0 Å². The van der Waals surface area contributed by atoms with Gasteiger partial charge in [0.05, 0.1) is 12.5 Å². The molecule has 1 amide bonds. The summed E-state index contributed by atoms with van der Waals surface area (Å²) in [5.41, 5.74) is 0. The zero-order chi connectivity index (χ0) is 10.6. The Bertz CT molecular complexity index is 295. The zero-order valence-corrected chi connectivity index (χ0v) is 7.55. The second-order valence-electron chi connectivity index (χ2n) is 3.19. The van der Waals surface area contributed by atoms with Gasteiger partial charge in [-0.15, -0.1) is 0 Å². The van der Waals surface area contributed by atoms with Crippen LogP contribution in [0.2, 0.25) is 0 Å². The average Bonchev–Trinajstić information content (AvgIpc) is 2.61. The van der Waals surface area contributed by atoms with Gasteiger partial charge in [0.15, 0.2) is 0 Å². The third-order valence-corrected chi connectivity index (χ3v) is 2.25. The number of amides is 1. The molecule has 0 aromatic carbocycles. The summed E-state index contributed by atoms with van der Waals surface area (Å²) in [7, 11) is 0. The summed E-state index contributed by atoms with van der Waals surface area (Å²) in [4.78, 5) is 33.2. The summed E-state index contributed by atoms with van der Waals surface area (Å²) in [5, 5.41) is 8.72. The number of rotatable bonds is 3. The number of nitriles is 1. The topological polar surface area (TPSA) is 78.2 Å². The van der Waals surface area contributed by atoms with E-state index >= 15 is 0 Å². The molecule has 1 aliphatic rings. The van der Waals surface area contributed by atoms with Crippen molar-refractivity contribution in [3.05, 3.63) is 0 Å². The molecular formula is C9H10N2O3. The summed E-state index contributed by atoms with van der Waals surface area (Å²) in [6, 6.07) is 1.39. The van der Waals surface area contributed by atoms with Gasteiger partial charge >= 0.3 is 0 Å². The van der Waals surface area contributed by atoms with Crippen LogP contribution in [0.1, 0.15) is 12.8 Å². The highest BCUT2D eigenvalue weighted by Gasteiger charge is 2.34. The van der Waals surface area contributed by atoms with Crippen LogP contribution in [0.5, 0.6) is 0 Å². The summed E-state index contributed by atoms with van der Waals surface area (Å²) in [5.74, 6) is -0.647. The van der Waals surface area contributed by atoms with E-state index in [0.29, 0.717) is 12.7 Å². The first kappa shape index (κ1) is 10.4. The SMILES string of the molecule is N#CC1CC(C=O)CN1C(=O)CC=O. The first-order valence-electron chi connectivity index (χ1n) is 4.31. The molecule has 74 valence electrons. The Balaban J connectivity index is 2.68. The second kappa shape index (κ2) is 4.51. The van der Waals surface area contributed by atoms with Crippen LogP contribution >= 0.6 is 0 Å². The number of aldehydes is 2. The molecule has 0 aromatic rings. The van der Waals surface area contributed by atoms with Crippen molar-refractivity contribution >= 4 is 18.5 Å². The molecule has 0 aromatic heterocycles. The van der Waals surface area contributed by atoms with Gasteiger partial charge in [-0.05, 0) is 6.42 Å². The van der Waals surface area contributed by atoms with E-state index in [9.17, 15) is 14.4 Å². The quantitative estimate of drug-likeness (QED) is 0.449. The highest BCUT2D eigenvalue weighted by molar-refractivity contribution is 5.88. The zero-order valence-electron chi connectivity index (χ0n) is 7.55. The minimum atomic E-state index is -0.558. The third kappa shape index (κ3) is 1.96. The van der Waals surface area contributed by atoms with Crippen molar-refractivity contribution in [2.24, 2.45) is 5.92 Å². The van der Waals surface area contributed by atoms with Gasteiger partial charge in [-0.25, -0.2) is 0 Å². The molecule has 2 unspecified atom stereocenters. The predicted octanol–water partition coefficient (Wildman–Crippen LogP) is -0.485. The molecule has 1 rings (SSSR count). The van der Waals surface area contributed by atoms with Gasteiger partial charge in [0.2, 0.25) is 5.91 Å². The minimum absolute atomic E-state index is 0.218. The first-order valence-corrected chi connectivity index (χ1v) is 4.31. The molecule has 5 heteroatoms. The van der Waals surface area contributed by atoms with E-state index in [1.54, 1.807) is 0 Å². The van der Waals surface area contributed by atoms with Crippen molar-refractivity contribution in [2.45, 2.75) is 18.9 Å². The van der Waals surface area contributed by atoms with Gasteiger partial charge < -0.3 is 14.5 Å². The lowest BCUT2D eigenvalue weighted by atomic mass is 10.1. The summed E-state index contributed by atoms with van der Waals surface area (Å²) in [6.45, 7) is 0.258. The van der Waals surface area contributed by atoms with Crippen molar-refractivity contribution < 1.29 is 14.4 Å². The fourth-order valence-corrected chi connectivity index (χ4v) is 1.55. The standard InChI is InChI=1S/C9H10N2O3/c10-4-8-3-7(6-13)5-11(8)9(14)1-2-12/h2,6-8H,1,3,5H2. The molecule has 5 nitrogen and oxygen atoms in total. The van der Waals surface area contributed by atoms with E-state index in [4.69, 9.17) is 5.26 Å². The second-order valence-corrected chi connectivity index (χ2v) is 3.19. The first-order chi connectivity index (χ1) is 6.72. The Kier molecular flexibility index (Phi) is 3.35. The van der Waals surface area contributed by atoms with Gasteiger partial charge in [0.25, 0.3) is 0 Å². The van der Waals surface area contributed by atoms with Gasteiger partial charge in [-0.3, -0.25) is 4.79 Å². The van der Waals surface area contributed by atoms with Crippen molar-refractivity contribution in [2.75, 3.05) is 6.54 Å². The van der Waals surface area contributed by atoms with Crippen LogP contribution in [-0.2, 0) is 14.4 Å². The molecule has 1 aliphatic heterocycles. The molecule has 1 saturated heterocycles. The molecule has 0 saturated carbocycles. The average molecular weight is 194 g/mol. The maximum absolute atomic E-state index is 11.3. The molecule has 1 fully saturated rings. The Morgan fingerprint density at radius 3 is 2.79 bits per heavy atom. The van der Waals surface area contributed by atoms with Crippen LogP contribution < -0.4 is 0 Å². The van der Waals surface area contributed by atoms with Crippen molar-refractivity contribution in [3.63, 3.8) is 0 Å². The van der Waals surface area contributed by atoms with E-state index in [1.807, 2.05) is 6.07 Å². The largest absolute Gasteiger partial charge is 0.326 e. The van der Waals surface area contributed by atoms with Gasteiger partial charge in [-0.1, -0.05) is 0 Å². The van der Waals surface area contributed by atoms with Gasteiger partial charge in [0, 0.05) is 12.5 Å². The monoisotopic (exact) mass is 194 g/mol. The molecule has 0 bridgehead atoms. The lowest BCUT2D eigenvalue weighted by Crippen LogP contribution is -2.35. The highest BCUT2D eigenvalue weighted by atomic mass is 16.2. The number of likely N-dealkylation sites (tertiary alicyclic amines) is 1. The van der Waals surface area contributed by atoms with Gasteiger partial charge in [-0.2, -0.15) is 5.26 Å². The summed E-state index contributed by atoms with van der Waals surface area (Å²) >= 11 is 0. The van der Waals surface area contributed by atoms with Crippen LogP contribution in [0.25, 0.3) is 0 Å². The van der Waals surface area contributed by atoms with E-state index in [-0.39, 0.29) is 24.8 Å². The number of carbonyl (C=O) groups is 3.